The van der Waals surface area contributed by atoms with Crippen LogP contribution in [0.5, 0.6) is 0 Å². The SMILES string of the molecule is [2H]C([2H])([2H])n1cc2c(B3OC(C)(C)C(C)(C)O3)cccc2n1. The van der Waals surface area contributed by atoms with E-state index in [0.29, 0.717) is 5.52 Å². The molecule has 0 N–H and O–H groups in total. The molecule has 0 spiro atoms. The van der Waals surface area contributed by atoms with E-state index in [-0.39, 0.29) is 0 Å². The molecular formula is C14H19BN2O2. The monoisotopic (exact) mass is 261 g/mol. The summed E-state index contributed by atoms with van der Waals surface area (Å²) in [7, 11) is -0.539. The Hall–Kier alpha value is -1.33. The molecule has 1 saturated heterocycles. The first-order valence-corrected chi connectivity index (χ1v) is 6.36. The molecule has 1 aromatic heterocycles. The van der Waals surface area contributed by atoms with Crippen molar-refractivity contribution in [2.75, 3.05) is 0 Å². The average Bonchev–Trinajstić information content (AvgIpc) is 2.88. The van der Waals surface area contributed by atoms with Crippen LogP contribution in [0.1, 0.15) is 31.8 Å². The lowest BCUT2D eigenvalue weighted by Gasteiger charge is -2.32. The maximum absolute atomic E-state index is 7.48. The van der Waals surface area contributed by atoms with Gasteiger partial charge in [0.1, 0.15) is 0 Å². The quantitative estimate of drug-likeness (QED) is 0.735. The molecule has 0 saturated carbocycles. The first-order chi connectivity index (χ1) is 10.0. The topological polar surface area (TPSA) is 36.3 Å². The second kappa shape index (κ2) is 3.84. The van der Waals surface area contributed by atoms with Gasteiger partial charge in [0.15, 0.2) is 0 Å². The summed E-state index contributed by atoms with van der Waals surface area (Å²) in [4.78, 5) is 0. The lowest BCUT2D eigenvalue weighted by atomic mass is 9.77. The largest absolute Gasteiger partial charge is 0.495 e. The zero-order valence-corrected chi connectivity index (χ0v) is 11.6. The first-order valence-electron chi connectivity index (χ1n) is 7.86. The van der Waals surface area contributed by atoms with Crippen LogP contribution in [0.25, 0.3) is 10.9 Å². The smallest absolute Gasteiger partial charge is 0.399 e. The van der Waals surface area contributed by atoms with E-state index in [1.165, 1.54) is 6.20 Å². The zero-order chi connectivity index (χ0) is 16.3. The van der Waals surface area contributed by atoms with Gasteiger partial charge in [-0.3, -0.25) is 4.68 Å². The van der Waals surface area contributed by atoms with Crippen molar-refractivity contribution in [2.45, 2.75) is 38.9 Å². The number of aromatic nitrogens is 2. The van der Waals surface area contributed by atoms with E-state index in [4.69, 9.17) is 13.4 Å². The molecule has 0 unspecified atom stereocenters. The van der Waals surface area contributed by atoms with E-state index < -0.39 is 25.3 Å². The van der Waals surface area contributed by atoms with Crippen LogP contribution < -0.4 is 5.46 Å². The Morgan fingerprint density at radius 1 is 1.21 bits per heavy atom. The van der Waals surface area contributed by atoms with Gasteiger partial charge in [0.2, 0.25) is 0 Å². The molecule has 2 heterocycles. The van der Waals surface area contributed by atoms with Gasteiger partial charge < -0.3 is 9.31 Å². The van der Waals surface area contributed by atoms with Crippen LogP contribution in [0.15, 0.2) is 24.4 Å². The second-order valence-corrected chi connectivity index (χ2v) is 5.94. The van der Waals surface area contributed by atoms with E-state index in [1.807, 2.05) is 39.8 Å². The van der Waals surface area contributed by atoms with Gasteiger partial charge in [-0.15, -0.1) is 0 Å². The fraction of sp³-hybridized carbons (Fsp3) is 0.500. The minimum Gasteiger partial charge on any atom is -0.399 e. The maximum Gasteiger partial charge on any atom is 0.495 e. The maximum atomic E-state index is 7.48. The van der Waals surface area contributed by atoms with Crippen molar-refractivity contribution >= 4 is 23.5 Å². The van der Waals surface area contributed by atoms with Gasteiger partial charge in [-0.1, -0.05) is 12.1 Å². The highest BCUT2D eigenvalue weighted by molar-refractivity contribution is 6.65. The third-order valence-corrected chi connectivity index (χ3v) is 4.09. The molecule has 0 aliphatic carbocycles. The van der Waals surface area contributed by atoms with Crippen molar-refractivity contribution in [1.82, 2.24) is 9.78 Å². The van der Waals surface area contributed by atoms with Crippen LogP contribution >= 0.6 is 0 Å². The summed E-state index contributed by atoms with van der Waals surface area (Å²) >= 11 is 0. The van der Waals surface area contributed by atoms with Gasteiger partial charge in [0.05, 0.1) is 16.7 Å². The summed E-state index contributed by atoms with van der Waals surface area (Å²) in [6.07, 6.45) is 1.53. The number of rotatable bonds is 1. The fourth-order valence-electron chi connectivity index (χ4n) is 2.24. The van der Waals surface area contributed by atoms with Gasteiger partial charge in [0, 0.05) is 22.7 Å². The molecule has 5 heteroatoms. The van der Waals surface area contributed by atoms with Crippen molar-refractivity contribution < 1.29 is 13.4 Å². The van der Waals surface area contributed by atoms with Crippen LogP contribution in [0.3, 0.4) is 0 Å². The molecule has 0 radical (unpaired) electrons. The Labute approximate surface area is 118 Å². The third-order valence-electron chi connectivity index (χ3n) is 4.09. The average molecular weight is 261 g/mol. The summed E-state index contributed by atoms with van der Waals surface area (Å²) in [5.74, 6) is 0. The van der Waals surface area contributed by atoms with Crippen LogP contribution in [0, 0.1) is 0 Å². The van der Waals surface area contributed by atoms with Crippen molar-refractivity contribution in [1.29, 1.82) is 0 Å². The number of nitrogens with zero attached hydrogens (tertiary/aromatic N) is 2. The van der Waals surface area contributed by atoms with Crippen molar-refractivity contribution in [3.05, 3.63) is 24.4 Å². The molecule has 3 rings (SSSR count). The Balaban J connectivity index is 2.07. The molecule has 1 aliphatic heterocycles. The van der Waals surface area contributed by atoms with Crippen LogP contribution in [0.2, 0.25) is 0 Å². The van der Waals surface area contributed by atoms with Crippen LogP contribution in [-0.2, 0) is 16.3 Å². The molecule has 0 amide bonds. The van der Waals surface area contributed by atoms with Crippen molar-refractivity contribution in [2.24, 2.45) is 6.98 Å². The number of hydrogen-bond donors (Lipinski definition) is 0. The summed E-state index contributed by atoms with van der Waals surface area (Å²) < 4.78 is 35.6. The van der Waals surface area contributed by atoms with E-state index >= 15 is 0 Å². The minimum atomic E-state index is -2.30. The highest BCUT2D eigenvalue weighted by atomic mass is 16.7. The molecule has 0 bridgehead atoms. The standard InChI is InChI=1S/C14H19BN2O2/c1-13(2)14(3,4)19-15(18-13)11-7-6-8-12-10(11)9-17(5)16-12/h6-9H,1-5H3/i5D3. The Morgan fingerprint density at radius 3 is 2.53 bits per heavy atom. The number of benzene rings is 1. The van der Waals surface area contributed by atoms with E-state index in [0.717, 1.165) is 15.5 Å². The minimum absolute atomic E-state index is 0.445. The summed E-state index contributed by atoms with van der Waals surface area (Å²) in [6, 6.07) is 5.50. The van der Waals surface area contributed by atoms with Gasteiger partial charge in [0.25, 0.3) is 0 Å². The lowest BCUT2D eigenvalue weighted by molar-refractivity contribution is 0.00578. The summed E-state index contributed by atoms with van der Waals surface area (Å²) in [6.45, 7) is 5.64. The Morgan fingerprint density at radius 2 is 1.89 bits per heavy atom. The highest BCUT2D eigenvalue weighted by Crippen LogP contribution is 2.36. The Bertz CT molecular complexity index is 708. The zero-order valence-electron chi connectivity index (χ0n) is 14.6. The molecule has 4 nitrogen and oxygen atoms in total. The molecular weight excluding hydrogens is 239 g/mol. The molecule has 19 heavy (non-hydrogen) atoms. The van der Waals surface area contributed by atoms with Gasteiger partial charge in [-0.05, 0) is 39.2 Å². The summed E-state index contributed by atoms with van der Waals surface area (Å²) in [5, 5.41) is 4.87. The molecule has 1 fully saturated rings. The third kappa shape index (κ3) is 1.88. The first kappa shape index (κ1) is 9.56. The van der Waals surface area contributed by atoms with Crippen molar-refractivity contribution in [3.63, 3.8) is 0 Å². The van der Waals surface area contributed by atoms with Gasteiger partial charge in [-0.2, -0.15) is 5.10 Å². The molecule has 0 atom stereocenters. The normalized spacial score (nSPS) is 24.2. The van der Waals surface area contributed by atoms with Crippen LogP contribution in [-0.4, -0.2) is 28.1 Å². The van der Waals surface area contributed by atoms with E-state index in [9.17, 15) is 0 Å². The Kier molecular flexibility index (Phi) is 1.93. The van der Waals surface area contributed by atoms with E-state index in [1.54, 1.807) is 6.07 Å². The number of fused-ring (bicyclic) bond motifs is 1. The fourth-order valence-corrected chi connectivity index (χ4v) is 2.24. The lowest BCUT2D eigenvalue weighted by Crippen LogP contribution is -2.41. The highest BCUT2D eigenvalue weighted by Gasteiger charge is 2.52. The van der Waals surface area contributed by atoms with Gasteiger partial charge in [-0.25, -0.2) is 0 Å². The molecule has 1 aromatic carbocycles. The molecule has 100 valence electrons. The predicted octanol–water partition coefficient (Wildman–Crippen LogP) is 1.87. The second-order valence-electron chi connectivity index (χ2n) is 5.94. The number of hydrogen-bond acceptors (Lipinski definition) is 3. The number of aryl methyl sites for hydroxylation is 1. The van der Waals surface area contributed by atoms with Crippen molar-refractivity contribution in [3.8, 4) is 0 Å². The summed E-state index contributed by atoms with van der Waals surface area (Å²) in [5.41, 5.74) is 0.523. The van der Waals surface area contributed by atoms with E-state index in [2.05, 4.69) is 5.10 Å². The molecule has 2 aromatic rings. The van der Waals surface area contributed by atoms with Gasteiger partial charge >= 0.3 is 7.12 Å². The molecule has 1 aliphatic rings. The van der Waals surface area contributed by atoms with Crippen LogP contribution in [0.4, 0.5) is 0 Å². The predicted molar refractivity (Wildman–Crippen MR) is 76.4 cm³/mol.